The molecule has 0 heterocycles. The van der Waals surface area contributed by atoms with E-state index in [9.17, 15) is 0 Å². The van der Waals surface area contributed by atoms with E-state index in [1.54, 1.807) is 0 Å². The van der Waals surface area contributed by atoms with Crippen LogP contribution in [0.15, 0.2) is 24.3 Å². The summed E-state index contributed by atoms with van der Waals surface area (Å²) in [4.78, 5) is 0. The van der Waals surface area contributed by atoms with E-state index < -0.39 is 0 Å². The molecule has 1 aromatic rings. The number of nitrogens with two attached hydrogens (primary N) is 1. The van der Waals surface area contributed by atoms with Gasteiger partial charge in [-0.2, -0.15) is 0 Å². The monoisotopic (exact) mass is 279 g/mol. The maximum atomic E-state index is 6.39. The molecule has 2 rings (SSSR count). The fraction of sp³-hybridized carbons (Fsp3) is 0.647. The molecule has 2 heteroatoms. The molecule has 0 unspecified atom stereocenters. The molecule has 0 saturated heterocycles. The van der Waals surface area contributed by atoms with Gasteiger partial charge in [0.15, 0.2) is 0 Å². The largest absolute Gasteiger partial charge is 0.330 e. The summed E-state index contributed by atoms with van der Waals surface area (Å²) < 4.78 is 0. The van der Waals surface area contributed by atoms with Gasteiger partial charge in [-0.05, 0) is 42.7 Å². The van der Waals surface area contributed by atoms with Crippen LogP contribution in [0.5, 0.6) is 0 Å². The topological polar surface area (TPSA) is 26.0 Å². The van der Waals surface area contributed by atoms with Crippen molar-refractivity contribution in [2.45, 2.75) is 57.8 Å². The van der Waals surface area contributed by atoms with Crippen LogP contribution in [0.4, 0.5) is 0 Å². The number of rotatable bonds is 6. The normalized spacial score (nSPS) is 20.0. The zero-order valence-corrected chi connectivity index (χ0v) is 13.0. The van der Waals surface area contributed by atoms with Crippen molar-refractivity contribution >= 4 is 11.6 Å². The standard InChI is InChI=1S/C17H26ClN/c1-3-9-16(10-4-2)11-17(12-16,13-19)14-7-5-6-8-15(14)18/h5-8H,3-4,9-13,19H2,1-2H3. The Kier molecular flexibility index (Phi) is 4.58. The maximum absolute atomic E-state index is 6.39. The number of hydrogen-bond donors (Lipinski definition) is 1. The molecule has 1 fully saturated rings. The summed E-state index contributed by atoms with van der Waals surface area (Å²) in [6.07, 6.45) is 7.61. The van der Waals surface area contributed by atoms with Crippen molar-refractivity contribution in [3.63, 3.8) is 0 Å². The van der Waals surface area contributed by atoms with Gasteiger partial charge in [0.25, 0.3) is 0 Å². The van der Waals surface area contributed by atoms with Gasteiger partial charge in [-0.15, -0.1) is 0 Å². The minimum absolute atomic E-state index is 0.128. The Morgan fingerprint density at radius 2 is 1.68 bits per heavy atom. The Hall–Kier alpha value is -0.530. The average Bonchev–Trinajstić information content (AvgIpc) is 2.36. The second-order valence-electron chi connectivity index (χ2n) is 6.32. The molecule has 1 aromatic carbocycles. The fourth-order valence-electron chi connectivity index (χ4n) is 4.26. The molecule has 1 aliphatic carbocycles. The molecule has 0 aromatic heterocycles. The first-order chi connectivity index (χ1) is 9.11. The summed E-state index contributed by atoms with van der Waals surface area (Å²) in [5.41, 5.74) is 8.03. The lowest BCUT2D eigenvalue weighted by atomic mass is 9.48. The molecule has 0 spiro atoms. The molecule has 0 radical (unpaired) electrons. The highest BCUT2D eigenvalue weighted by molar-refractivity contribution is 6.31. The Morgan fingerprint density at radius 1 is 1.11 bits per heavy atom. The third-order valence-electron chi connectivity index (χ3n) is 4.82. The minimum Gasteiger partial charge on any atom is -0.330 e. The molecule has 1 aliphatic rings. The summed E-state index contributed by atoms with van der Waals surface area (Å²) in [6.45, 7) is 5.29. The van der Waals surface area contributed by atoms with E-state index in [0.717, 1.165) is 5.02 Å². The fourth-order valence-corrected chi connectivity index (χ4v) is 4.60. The zero-order chi connectivity index (χ0) is 13.9. The van der Waals surface area contributed by atoms with E-state index in [1.165, 1.54) is 44.1 Å². The lowest BCUT2D eigenvalue weighted by Crippen LogP contribution is -2.54. The van der Waals surface area contributed by atoms with Gasteiger partial charge in [0.05, 0.1) is 0 Å². The molecule has 2 N–H and O–H groups in total. The van der Waals surface area contributed by atoms with Crippen molar-refractivity contribution in [1.82, 2.24) is 0 Å². The van der Waals surface area contributed by atoms with Crippen LogP contribution in [0.1, 0.15) is 57.9 Å². The maximum Gasteiger partial charge on any atom is 0.0444 e. The van der Waals surface area contributed by atoms with Gasteiger partial charge in [-0.3, -0.25) is 0 Å². The van der Waals surface area contributed by atoms with Gasteiger partial charge in [-0.1, -0.05) is 56.5 Å². The van der Waals surface area contributed by atoms with E-state index in [-0.39, 0.29) is 5.41 Å². The van der Waals surface area contributed by atoms with E-state index in [1.807, 2.05) is 12.1 Å². The van der Waals surface area contributed by atoms with Crippen LogP contribution in [0.25, 0.3) is 0 Å². The van der Waals surface area contributed by atoms with Crippen molar-refractivity contribution in [2.24, 2.45) is 11.1 Å². The van der Waals surface area contributed by atoms with Gasteiger partial charge in [0.2, 0.25) is 0 Å². The molecule has 0 bridgehead atoms. The summed E-state index contributed by atoms with van der Waals surface area (Å²) in [6, 6.07) is 8.24. The Bertz CT molecular complexity index is 413. The SMILES string of the molecule is CCCC1(CCC)CC(CN)(c2ccccc2Cl)C1. The molecular formula is C17H26ClN. The quantitative estimate of drug-likeness (QED) is 0.786. The van der Waals surface area contributed by atoms with Crippen LogP contribution in [0.3, 0.4) is 0 Å². The lowest BCUT2D eigenvalue weighted by Gasteiger charge is -2.57. The Labute approximate surface area is 122 Å². The van der Waals surface area contributed by atoms with Crippen molar-refractivity contribution < 1.29 is 0 Å². The average molecular weight is 280 g/mol. The van der Waals surface area contributed by atoms with Gasteiger partial charge in [0, 0.05) is 17.0 Å². The minimum atomic E-state index is 0.128. The van der Waals surface area contributed by atoms with Crippen molar-refractivity contribution in [2.75, 3.05) is 6.54 Å². The first-order valence-corrected chi connectivity index (χ1v) is 7.94. The predicted octanol–water partition coefficient (Wildman–Crippen LogP) is 4.92. The van der Waals surface area contributed by atoms with Crippen LogP contribution in [-0.2, 0) is 5.41 Å². The molecule has 19 heavy (non-hydrogen) atoms. The molecule has 0 amide bonds. The summed E-state index contributed by atoms with van der Waals surface area (Å²) in [7, 11) is 0. The summed E-state index contributed by atoms with van der Waals surface area (Å²) in [5, 5.41) is 0.884. The van der Waals surface area contributed by atoms with E-state index in [0.29, 0.717) is 12.0 Å². The summed E-state index contributed by atoms with van der Waals surface area (Å²) >= 11 is 6.39. The van der Waals surface area contributed by atoms with Crippen LogP contribution in [0, 0.1) is 5.41 Å². The third kappa shape index (κ3) is 2.68. The van der Waals surface area contributed by atoms with Gasteiger partial charge >= 0.3 is 0 Å². The van der Waals surface area contributed by atoms with E-state index >= 15 is 0 Å². The van der Waals surface area contributed by atoms with Crippen LogP contribution >= 0.6 is 11.6 Å². The second kappa shape index (κ2) is 5.85. The van der Waals surface area contributed by atoms with Crippen molar-refractivity contribution in [1.29, 1.82) is 0 Å². The van der Waals surface area contributed by atoms with E-state index in [2.05, 4.69) is 26.0 Å². The highest BCUT2D eigenvalue weighted by Crippen LogP contribution is 2.60. The number of benzene rings is 1. The molecule has 0 atom stereocenters. The molecule has 0 aliphatic heterocycles. The third-order valence-corrected chi connectivity index (χ3v) is 5.15. The first kappa shape index (κ1) is 14.9. The van der Waals surface area contributed by atoms with Crippen molar-refractivity contribution in [3.8, 4) is 0 Å². The smallest absolute Gasteiger partial charge is 0.0444 e. The van der Waals surface area contributed by atoms with Gasteiger partial charge in [0.1, 0.15) is 0 Å². The first-order valence-electron chi connectivity index (χ1n) is 7.56. The number of halogens is 1. The Morgan fingerprint density at radius 3 is 2.16 bits per heavy atom. The Balaban J connectivity index is 2.22. The van der Waals surface area contributed by atoms with Crippen molar-refractivity contribution in [3.05, 3.63) is 34.9 Å². The van der Waals surface area contributed by atoms with Crippen LogP contribution in [0.2, 0.25) is 5.02 Å². The van der Waals surface area contributed by atoms with Crippen LogP contribution in [-0.4, -0.2) is 6.54 Å². The highest BCUT2D eigenvalue weighted by Gasteiger charge is 2.53. The second-order valence-corrected chi connectivity index (χ2v) is 6.73. The number of hydrogen-bond acceptors (Lipinski definition) is 1. The predicted molar refractivity (Wildman–Crippen MR) is 83.7 cm³/mol. The zero-order valence-electron chi connectivity index (χ0n) is 12.2. The molecule has 1 nitrogen and oxygen atoms in total. The van der Waals surface area contributed by atoms with Gasteiger partial charge < -0.3 is 5.73 Å². The van der Waals surface area contributed by atoms with Gasteiger partial charge in [-0.25, -0.2) is 0 Å². The molecular weight excluding hydrogens is 254 g/mol. The molecule has 106 valence electrons. The lowest BCUT2D eigenvalue weighted by molar-refractivity contribution is 0.00790. The summed E-state index contributed by atoms with van der Waals surface area (Å²) in [5.74, 6) is 0. The van der Waals surface area contributed by atoms with Crippen LogP contribution < -0.4 is 5.73 Å². The highest BCUT2D eigenvalue weighted by atomic mass is 35.5. The van der Waals surface area contributed by atoms with E-state index in [4.69, 9.17) is 17.3 Å². The molecule has 1 saturated carbocycles.